The molecule has 0 bridgehead atoms. The lowest BCUT2D eigenvalue weighted by Gasteiger charge is -2.41. The number of hydrogen-bond donors (Lipinski definition) is 0. The Balaban J connectivity index is 2.36. The van der Waals surface area contributed by atoms with E-state index in [2.05, 4.69) is 13.8 Å². The molecule has 1 rings (SSSR count). The predicted molar refractivity (Wildman–Crippen MR) is 83.9 cm³/mol. The summed E-state index contributed by atoms with van der Waals surface area (Å²) in [5, 5.41) is 0. The maximum atomic E-state index is 12.2. The van der Waals surface area contributed by atoms with Crippen LogP contribution in [0, 0.1) is 5.41 Å². The van der Waals surface area contributed by atoms with Gasteiger partial charge in [-0.3, -0.25) is 9.59 Å². The number of carbonyl (C=O) groups excluding carboxylic acids is 2. The summed E-state index contributed by atoms with van der Waals surface area (Å²) in [6, 6.07) is 0. The van der Waals surface area contributed by atoms with Crippen molar-refractivity contribution in [3.63, 3.8) is 0 Å². The summed E-state index contributed by atoms with van der Waals surface area (Å²) >= 11 is 0. The predicted octanol–water partition coefficient (Wildman–Crippen LogP) is 3.54. The van der Waals surface area contributed by atoms with Crippen molar-refractivity contribution in [1.29, 1.82) is 0 Å². The van der Waals surface area contributed by atoms with Gasteiger partial charge in [0.15, 0.2) is 0 Å². The average molecular weight is 297 g/mol. The molecule has 0 aromatic rings. The fourth-order valence-electron chi connectivity index (χ4n) is 2.95. The van der Waals surface area contributed by atoms with Gasteiger partial charge in [0, 0.05) is 19.5 Å². The van der Waals surface area contributed by atoms with Crippen LogP contribution in [0.25, 0.3) is 0 Å². The van der Waals surface area contributed by atoms with E-state index in [1.54, 1.807) is 0 Å². The lowest BCUT2D eigenvalue weighted by molar-refractivity contribution is -0.156. The van der Waals surface area contributed by atoms with Crippen LogP contribution in [0.4, 0.5) is 0 Å². The summed E-state index contributed by atoms with van der Waals surface area (Å²) in [4.78, 5) is 25.7. The molecule has 122 valence electrons. The third-order valence-electron chi connectivity index (χ3n) is 4.64. The molecule has 21 heavy (non-hydrogen) atoms. The van der Waals surface area contributed by atoms with Crippen molar-refractivity contribution in [2.45, 2.75) is 78.7 Å². The molecule has 1 saturated heterocycles. The SMILES string of the molecule is CCC1(CC)CCN(C(=O)CCC(=O)OC(C)(C)C)CC1. The number of rotatable bonds is 5. The van der Waals surface area contributed by atoms with E-state index in [1.165, 1.54) is 12.8 Å². The summed E-state index contributed by atoms with van der Waals surface area (Å²) in [6.45, 7) is 11.7. The standard InChI is InChI=1S/C17H31NO3/c1-6-17(7-2)10-12-18(13-11-17)14(19)8-9-15(20)21-16(3,4)5/h6-13H2,1-5H3. The van der Waals surface area contributed by atoms with Crippen molar-refractivity contribution in [3.8, 4) is 0 Å². The fourth-order valence-corrected chi connectivity index (χ4v) is 2.95. The molecule has 1 fully saturated rings. The maximum Gasteiger partial charge on any atom is 0.306 e. The number of hydrogen-bond acceptors (Lipinski definition) is 3. The molecule has 0 atom stereocenters. The van der Waals surface area contributed by atoms with Gasteiger partial charge in [0.1, 0.15) is 5.60 Å². The first-order valence-electron chi connectivity index (χ1n) is 8.21. The van der Waals surface area contributed by atoms with Gasteiger partial charge in [0.2, 0.25) is 5.91 Å². The highest BCUT2D eigenvalue weighted by Crippen LogP contribution is 2.37. The van der Waals surface area contributed by atoms with Gasteiger partial charge in [0.05, 0.1) is 6.42 Å². The van der Waals surface area contributed by atoms with E-state index in [-0.39, 0.29) is 24.7 Å². The highest BCUT2D eigenvalue weighted by atomic mass is 16.6. The largest absolute Gasteiger partial charge is 0.460 e. The van der Waals surface area contributed by atoms with Crippen molar-refractivity contribution >= 4 is 11.9 Å². The summed E-state index contributed by atoms with van der Waals surface area (Å²) in [5.41, 5.74) is -0.0605. The summed E-state index contributed by atoms with van der Waals surface area (Å²) in [6.07, 6.45) is 4.97. The van der Waals surface area contributed by atoms with Crippen LogP contribution in [0.5, 0.6) is 0 Å². The van der Waals surface area contributed by atoms with Crippen LogP contribution >= 0.6 is 0 Å². The number of nitrogens with zero attached hydrogens (tertiary/aromatic N) is 1. The van der Waals surface area contributed by atoms with Crippen molar-refractivity contribution in [1.82, 2.24) is 4.90 Å². The third-order valence-corrected chi connectivity index (χ3v) is 4.64. The minimum Gasteiger partial charge on any atom is -0.460 e. The smallest absolute Gasteiger partial charge is 0.306 e. The first-order valence-corrected chi connectivity index (χ1v) is 8.21. The Morgan fingerprint density at radius 3 is 2.00 bits per heavy atom. The van der Waals surface area contributed by atoms with E-state index in [0.717, 1.165) is 25.9 Å². The monoisotopic (exact) mass is 297 g/mol. The average Bonchev–Trinajstić information content (AvgIpc) is 2.43. The minimum absolute atomic E-state index is 0.0849. The number of likely N-dealkylation sites (tertiary alicyclic amines) is 1. The van der Waals surface area contributed by atoms with Crippen LogP contribution < -0.4 is 0 Å². The minimum atomic E-state index is -0.479. The molecule has 4 nitrogen and oxygen atoms in total. The van der Waals surface area contributed by atoms with Crippen LogP contribution in [-0.2, 0) is 14.3 Å². The first kappa shape index (κ1) is 18.0. The molecule has 0 N–H and O–H groups in total. The van der Waals surface area contributed by atoms with Gasteiger partial charge in [-0.1, -0.05) is 26.7 Å². The second-order valence-electron chi connectivity index (χ2n) is 7.17. The number of carbonyl (C=O) groups is 2. The molecule has 0 saturated carbocycles. The van der Waals surface area contributed by atoms with E-state index in [9.17, 15) is 9.59 Å². The second-order valence-corrected chi connectivity index (χ2v) is 7.17. The van der Waals surface area contributed by atoms with Gasteiger partial charge < -0.3 is 9.64 Å². The number of esters is 1. The number of piperidine rings is 1. The summed E-state index contributed by atoms with van der Waals surface area (Å²) < 4.78 is 5.23. The Kier molecular flexibility index (Phi) is 6.24. The number of amides is 1. The molecular weight excluding hydrogens is 266 g/mol. The molecule has 1 heterocycles. The van der Waals surface area contributed by atoms with Crippen molar-refractivity contribution in [2.24, 2.45) is 5.41 Å². The third kappa shape index (κ3) is 5.68. The zero-order valence-electron chi connectivity index (χ0n) is 14.3. The summed E-state index contributed by atoms with van der Waals surface area (Å²) in [5.74, 6) is -0.203. The first-order chi connectivity index (χ1) is 9.71. The van der Waals surface area contributed by atoms with Gasteiger partial charge in [0.25, 0.3) is 0 Å². The van der Waals surface area contributed by atoms with Gasteiger partial charge >= 0.3 is 5.97 Å². The van der Waals surface area contributed by atoms with Crippen molar-refractivity contribution in [3.05, 3.63) is 0 Å². The van der Waals surface area contributed by atoms with Crippen LogP contribution in [0.2, 0.25) is 0 Å². The molecule has 0 aromatic carbocycles. The van der Waals surface area contributed by atoms with E-state index in [0.29, 0.717) is 5.41 Å². The van der Waals surface area contributed by atoms with Gasteiger partial charge in [-0.15, -0.1) is 0 Å². The quantitative estimate of drug-likeness (QED) is 0.729. The topological polar surface area (TPSA) is 46.6 Å². The van der Waals surface area contributed by atoms with E-state index in [1.807, 2.05) is 25.7 Å². The molecule has 0 unspecified atom stereocenters. The molecule has 1 aliphatic heterocycles. The van der Waals surface area contributed by atoms with E-state index < -0.39 is 5.60 Å². The fraction of sp³-hybridized carbons (Fsp3) is 0.882. The Morgan fingerprint density at radius 1 is 1.05 bits per heavy atom. The molecular formula is C17H31NO3. The Morgan fingerprint density at radius 2 is 1.57 bits per heavy atom. The highest BCUT2D eigenvalue weighted by molar-refractivity contribution is 5.81. The lowest BCUT2D eigenvalue weighted by atomic mass is 9.74. The molecule has 0 aliphatic carbocycles. The molecule has 0 spiro atoms. The maximum absolute atomic E-state index is 12.2. The normalized spacial score (nSPS) is 18.4. The summed E-state index contributed by atoms with van der Waals surface area (Å²) in [7, 11) is 0. The zero-order chi connectivity index (χ0) is 16.1. The molecule has 0 radical (unpaired) electrons. The van der Waals surface area contributed by atoms with Crippen LogP contribution in [-0.4, -0.2) is 35.5 Å². The van der Waals surface area contributed by atoms with Crippen LogP contribution in [0.3, 0.4) is 0 Å². The Labute approximate surface area is 129 Å². The number of ether oxygens (including phenoxy) is 1. The van der Waals surface area contributed by atoms with Crippen molar-refractivity contribution in [2.75, 3.05) is 13.1 Å². The van der Waals surface area contributed by atoms with Gasteiger partial charge in [-0.25, -0.2) is 0 Å². The molecule has 1 aliphatic rings. The lowest BCUT2D eigenvalue weighted by Crippen LogP contribution is -2.43. The highest BCUT2D eigenvalue weighted by Gasteiger charge is 2.32. The molecule has 1 amide bonds. The Bertz CT molecular complexity index is 357. The van der Waals surface area contributed by atoms with Crippen molar-refractivity contribution < 1.29 is 14.3 Å². The molecule has 0 aromatic heterocycles. The Hall–Kier alpha value is -1.06. The molecule has 4 heteroatoms. The van der Waals surface area contributed by atoms with E-state index in [4.69, 9.17) is 4.74 Å². The van der Waals surface area contributed by atoms with Gasteiger partial charge in [-0.2, -0.15) is 0 Å². The zero-order valence-corrected chi connectivity index (χ0v) is 14.3. The van der Waals surface area contributed by atoms with E-state index >= 15 is 0 Å². The van der Waals surface area contributed by atoms with Crippen LogP contribution in [0.15, 0.2) is 0 Å². The van der Waals surface area contributed by atoms with Gasteiger partial charge in [-0.05, 0) is 39.0 Å². The second kappa shape index (κ2) is 7.28. The van der Waals surface area contributed by atoms with Crippen LogP contribution in [0.1, 0.15) is 73.1 Å².